The molecule has 3 aliphatic rings. The van der Waals surface area contributed by atoms with E-state index in [1.165, 1.54) is 7.11 Å². The molecule has 0 aromatic rings. The third-order valence-electron chi connectivity index (χ3n) is 4.70. The minimum atomic E-state index is -0.641. The zero-order valence-corrected chi connectivity index (χ0v) is 10.1. The van der Waals surface area contributed by atoms with Gasteiger partial charge in [-0.25, -0.2) is 0 Å². The molecule has 3 nitrogen and oxygen atoms in total. The topological polar surface area (TPSA) is 43.4 Å². The largest absolute Gasteiger partial charge is 0.468 e. The van der Waals surface area contributed by atoms with Crippen molar-refractivity contribution >= 4 is 11.8 Å². The van der Waals surface area contributed by atoms with Gasteiger partial charge in [0.15, 0.2) is 5.78 Å². The molecule has 17 heavy (non-hydrogen) atoms. The monoisotopic (exact) mass is 232 g/mol. The summed E-state index contributed by atoms with van der Waals surface area (Å²) in [4.78, 5) is 24.0. The first kappa shape index (κ1) is 10.8. The standard InChI is InChI=1S/C14H16O3/c1-14(13(16)17-2)6-5-10(15)11-8-3-4-9(7-8)12(11)14/h3-6,8-9,11-12H,7H2,1-2H3/t8-,9+,11+,12+,14+/m1/s1. The summed E-state index contributed by atoms with van der Waals surface area (Å²) in [6.45, 7) is 1.90. The Morgan fingerprint density at radius 1 is 1.41 bits per heavy atom. The first-order chi connectivity index (χ1) is 8.08. The van der Waals surface area contributed by atoms with Gasteiger partial charge >= 0.3 is 5.97 Å². The van der Waals surface area contributed by atoms with Crippen LogP contribution >= 0.6 is 0 Å². The molecule has 3 aliphatic carbocycles. The van der Waals surface area contributed by atoms with E-state index in [4.69, 9.17) is 4.74 Å². The number of rotatable bonds is 1. The van der Waals surface area contributed by atoms with Crippen molar-refractivity contribution in [3.63, 3.8) is 0 Å². The quantitative estimate of drug-likeness (QED) is 0.511. The number of methoxy groups -OCH3 is 1. The molecule has 5 atom stereocenters. The number of carbonyl (C=O) groups is 2. The minimum absolute atomic E-state index is 0.0147. The molecular weight excluding hydrogens is 216 g/mol. The zero-order chi connectivity index (χ0) is 12.2. The van der Waals surface area contributed by atoms with Gasteiger partial charge in [0.2, 0.25) is 0 Å². The first-order valence-corrected chi connectivity index (χ1v) is 6.08. The summed E-state index contributed by atoms with van der Waals surface area (Å²) in [6.07, 6.45) is 8.64. The molecule has 0 amide bonds. The summed E-state index contributed by atoms with van der Waals surface area (Å²) in [6, 6.07) is 0. The number of esters is 1. The Morgan fingerprint density at radius 3 is 2.82 bits per heavy atom. The number of fused-ring (bicyclic) bond motifs is 5. The van der Waals surface area contributed by atoms with Crippen molar-refractivity contribution in [1.29, 1.82) is 0 Å². The van der Waals surface area contributed by atoms with Crippen molar-refractivity contribution in [2.75, 3.05) is 7.11 Å². The Balaban J connectivity index is 2.07. The zero-order valence-electron chi connectivity index (χ0n) is 10.1. The summed E-state index contributed by atoms with van der Waals surface area (Å²) in [7, 11) is 1.41. The average molecular weight is 232 g/mol. The molecule has 0 N–H and O–H groups in total. The lowest BCUT2D eigenvalue weighted by Gasteiger charge is -2.40. The van der Waals surface area contributed by atoms with Gasteiger partial charge in [-0.1, -0.05) is 18.2 Å². The summed E-state index contributed by atoms with van der Waals surface area (Å²) >= 11 is 0. The van der Waals surface area contributed by atoms with Gasteiger partial charge in [-0.2, -0.15) is 0 Å². The molecule has 0 aromatic heterocycles. The highest BCUT2D eigenvalue weighted by Gasteiger charge is 2.58. The molecule has 90 valence electrons. The van der Waals surface area contributed by atoms with Gasteiger partial charge in [-0.3, -0.25) is 9.59 Å². The normalized spacial score (nSPS) is 46.1. The lowest BCUT2D eigenvalue weighted by Crippen LogP contribution is -2.46. The average Bonchev–Trinajstić information content (AvgIpc) is 2.94. The molecule has 0 unspecified atom stereocenters. The Hall–Kier alpha value is -1.38. The predicted molar refractivity (Wildman–Crippen MR) is 62.0 cm³/mol. The maximum absolute atomic E-state index is 12.0. The van der Waals surface area contributed by atoms with E-state index in [2.05, 4.69) is 12.2 Å². The number of ether oxygens (including phenoxy) is 1. The van der Waals surface area contributed by atoms with Crippen LogP contribution in [0.3, 0.4) is 0 Å². The number of carbonyl (C=O) groups excluding carboxylic acids is 2. The van der Waals surface area contributed by atoms with Gasteiger partial charge in [0.25, 0.3) is 0 Å². The fraction of sp³-hybridized carbons (Fsp3) is 0.571. The molecule has 0 radical (unpaired) electrons. The van der Waals surface area contributed by atoms with Crippen molar-refractivity contribution in [2.24, 2.45) is 29.1 Å². The maximum atomic E-state index is 12.0. The van der Waals surface area contributed by atoms with E-state index in [0.717, 1.165) is 6.42 Å². The lowest BCUT2D eigenvalue weighted by atomic mass is 9.62. The van der Waals surface area contributed by atoms with Gasteiger partial charge in [0.1, 0.15) is 0 Å². The molecule has 1 fully saturated rings. The van der Waals surface area contributed by atoms with Crippen molar-refractivity contribution in [1.82, 2.24) is 0 Å². The smallest absolute Gasteiger partial charge is 0.315 e. The van der Waals surface area contributed by atoms with Crippen molar-refractivity contribution < 1.29 is 14.3 Å². The van der Waals surface area contributed by atoms with Gasteiger partial charge in [-0.15, -0.1) is 0 Å². The van der Waals surface area contributed by atoms with E-state index in [1.807, 2.05) is 6.92 Å². The maximum Gasteiger partial charge on any atom is 0.315 e. The molecule has 0 heterocycles. The third-order valence-corrected chi connectivity index (χ3v) is 4.70. The number of hydrogen-bond acceptors (Lipinski definition) is 3. The summed E-state index contributed by atoms with van der Waals surface area (Å²) in [5, 5.41) is 0. The second-order valence-corrected chi connectivity index (χ2v) is 5.51. The molecule has 1 saturated carbocycles. The van der Waals surface area contributed by atoms with Gasteiger partial charge in [0.05, 0.1) is 12.5 Å². The Kier molecular flexibility index (Phi) is 2.09. The van der Waals surface area contributed by atoms with Crippen LogP contribution in [0.1, 0.15) is 13.3 Å². The van der Waals surface area contributed by atoms with E-state index in [9.17, 15) is 9.59 Å². The summed E-state index contributed by atoms with van der Waals surface area (Å²) < 4.78 is 4.92. The molecule has 0 aromatic carbocycles. The van der Waals surface area contributed by atoms with Crippen LogP contribution in [0.15, 0.2) is 24.3 Å². The highest BCUT2D eigenvalue weighted by molar-refractivity contribution is 5.97. The fourth-order valence-electron chi connectivity index (χ4n) is 3.93. The van der Waals surface area contributed by atoms with Gasteiger partial charge in [0, 0.05) is 5.92 Å². The van der Waals surface area contributed by atoms with Crippen LogP contribution in [0.4, 0.5) is 0 Å². The lowest BCUT2D eigenvalue weighted by molar-refractivity contribution is -0.154. The molecule has 3 heteroatoms. The van der Waals surface area contributed by atoms with Crippen LogP contribution in [0.5, 0.6) is 0 Å². The van der Waals surface area contributed by atoms with Crippen molar-refractivity contribution in [3.8, 4) is 0 Å². The second kappa shape index (κ2) is 3.31. The van der Waals surface area contributed by atoms with E-state index >= 15 is 0 Å². The summed E-state index contributed by atoms with van der Waals surface area (Å²) in [5.74, 6) is 0.696. The van der Waals surface area contributed by atoms with Gasteiger partial charge < -0.3 is 4.74 Å². The first-order valence-electron chi connectivity index (χ1n) is 6.08. The number of hydrogen-bond donors (Lipinski definition) is 0. The van der Waals surface area contributed by atoms with E-state index < -0.39 is 5.41 Å². The molecule has 0 aliphatic heterocycles. The molecular formula is C14H16O3. The van der Waals surface area contributed by atoms with Crippen LogP contribution in [-0.4, -0.2) is 18.9 Å². The van der Waals surface area contributed by atoms with Gasteiger partial charge in [-0.05, 0) is 37.2 Å². The molecule has 2 bridgehead atoms. The summed E-state index contributed by atoms with van der Waals surface area (Å²) in [5.41, 5.74) is -0.641. The van der Waals surface area contributed by atoms with Crippen LogP contribution in [0.25, 0.3) is 0 Å². The fourth-order valence-corrected chi connectivity index (χ4v) is 3.93. The molecule has 0 spiro atoms. The van der Waals surface area contributed by atoms with Crippen molar-refractivity contribution in [2.45, 2.75) is 13.3 Å². The van der Waals surface area contributed by atoms with E-state index in [1.54, 1.807) is 12.2 Å². The highest BCUT2D eigenvalue weighted by Crippen LogP contribution is 2.57. The van der Waals surface area contributed by atoms with E-state index in [-0.39, 0.29) is 23.6 Å². The number of allylic oxidation sites excluding steroid dienone is 3. The molecule has 3 rings (SSSR count). The molecule has 0 saturated heterocycles. The predicted octanol–water partition coefficient (Wildman–Crippen LogP) is 1.74. The Bertz CT molecular complexity index is 448. The van der Waals surface area contributed by atoms with Crippen LogP contribution in [0, 0.1) is 29.1 Å². The second-order valence-electron chi connectivity index (χ2n) is 5.51. The minimum Gasteiger partial charge on any atom is -0.468 e. The van der Waals surface area contributed by atoms with Crippen LogP contribution in [0.2, 0.25) is 0 Å². The van der Waals surface area contributed by atoms with E-state index in [0.29, 0.717) is 11.8 Å². The van der Waals surface area contributed by atoms with Crippen molar-refractivity contribution in [3.05, 3.63) is 24.3 Å². The Labute approximate surface area is 101 Å². The number of ketones is 1. The van der Waals surface area contributed by atoms with Crippen LogP contribution in [-0.2, 0) is 14.3 Å². The SMILES string of the molecule is COC(=O)[C@@]1(C)C=CC(=O)[C@H]2[C@@H]1[C@H]1C=C[C@@H]2C1. The van der Waals surface area contributed by atoms with Crippen LogP contribution < -0.4 is 0 Å². The third kappa shape index (κ3) is 1.22. The Morgan fingerprint density at radius 2 is 2.12 bits per heavy atom. The highest BCUT2D eigenvalue weighted by atomic mass is 16.5.